The van der Waals surface area contributed by atoms with Crippen LogP contribution in [0.4, 0.5) is 18.9 Å². The van der Waals surface area contributed by atoms with Crippen molar-refractivity contribution < 1.29 is 22.5 Å². The first-order valence-corrected chi connectivity index (χ1v) is 6.66. The van der Waals surface area contributed by atoms with Crippen molar-refractivity contribution in [2.75, 3.05) is 0 Å². The lowest BCUT2D eigenvalue weighted by molar-refractivity contribution is -0.383. The van der Waals surface area contributed by atoms with Crippen molar-refractivity contribution in [2.45, 2.75) is 6.18 Å². The van der Waals surface area contributed by atoms with E-state index < -0.39 is 22.3 Å². The van der Waals surface area contributed by atoms with E-state index in [1.807, 2.05) is 0 Å². The van der Waals surface area contributed by atoms with Gasteiger partial charge in [0.2, 0.25) is 0 Å². The standard InChI is InChI=1S/C16H8F3NO4/c17-16(18,19)10-6-4-9(5-7-10)14-8-12-11(15(21)24-14)2-1-3-13(12)20(22)23/h1-8H. The molecule has 3 rings (SSSR count). The van der Waals surface area contributed by atoms with Crippen molar-refractivity contribution in [2.24, 2.45) is 0 Å². The summed E-state index contributed by atoms with van der Waals surface area (Å²) in [5.74, 6) is -0.0458. The largest absolute Gasteiger partial charge is 0.422 e. The van der Waals surface area contributed by atoms with Crippen LogP contribution in [0.5, 0.6) is 0 Å². The second-order valence-electron chi connectivity index (χ2n) is 4.97. The van der Waals surface area contributed by atoms with Crippen LogP contribution in [0.25, 0.3) is 22.1 Å². The molecule has 0 N–H and O–H groups in total. The minimum Gasteiger partial charge on any atom is -0.422 e. The van der Waals surface area contributed by atoms with Gasteiger partial charge in [0.15, 0.2) is 0 Å². The quantitative estimate of drug-likeness (QED) is 0.514. The molecule has 2 aromatic carbocycles. The Morgan fingerprint density at radius 3 is 2.25 bits per heavy atom. The van der Waals surface area contributed by atoms with Crippen LogP contribution in [-0.2, 0) is 6.18 Å². The summed E-state index contributed by atoms with van der Waals surface area (Å²) in [6.07, 6.45) is -4.48. The molecule has 122 valence electrons. The molecule has 0 fully saturated rings. The number of rotatable bonds is 2. The number of nitro groups is 1. The smallest absolute Gasteiger partial charge is 0.416 e. The van der Waals surface area contributed by atoms with Gasteiger partial charge in [-0.2, -0.15) is 13.2 Å². The van der Waals surface area contributed by atoms with Crippen LogP contribution in [0, 0.1) is 10.1 Å². The molecule has 0 bridgehead atoms. The Hall–Kier alpha value is -3.16. The van der Waals surface area contributed by atoms with Crippen LogP contribution in [0.1, 0.15) is 5.56 Å². The summed E-state index contributed by atoms with van der Waals surface area (Å²) in [6.45, 7) is 0. The fraction of sp³-hybridized carbons (Fsp3) is 0.0625. The summed E-state index contributed by atoms with van der Waals surface area (Å²) in [4.78, 5) is 22.4. The number of alkyl halides is 3. The normalized spacial score (nSPS) is 11.6. The molecule has 0 unspecified atom stereocenters. The maximum atomic E-state index is 12.6. The van der Waals surface area contributed by atoms with E-state index in [0.717, 1.165) is 24.3 Å². The molecule has 0 amide bonds. The molecule has 0 spiro atoms. The highest BCUT2D eigenvalue weighted by molar-refractivity contribution is 5.91. The SMILES string of the molecule is O=c1oc(-c2ccc(C(F)(F)F)cc2)cc2c([N+](=O)[O-])cccc12. The van der Waals surface area contributed by atoms with Crippen molar-refractivity contribution in [3.8, 4) is 11.3 Å². The summed E-state index contributed by atoms with van der Waals surface area (Å²) in [5, 5.41) is 11.2. The van der Waals surface area contributed by atoms with E-state index in [1.165, 1.54) is 24.3 Å². The third kappa shape index (κ3) is 2.73. The van der Waals surface area contributed by atoms with E-state index in [4.69, 9.17) is 4.42 Å². The van der Waals surface area contributed by atoms with Crippen LogP contribution < -0.4 is 5.63 Å². The Bertz CT molecular complexity index is 991. The molecule has 0 radical (unpaired) electrons. The number of fused-ring (bicyclic) bond motifs is 1. The molecule has 0 aliphatic heterocycles. The van der Waals surface area contributed by atoms with Gasteiger partial charge in [-0.1, -0.05) is 18.2 Å². The van der Waals surface area contributed by atoms with E-state index in [1.54, 1.807) is 0 Å². The molecule has 8 heteroatoms. The molecular formula is C16H8F3NO4. The third-order valence-electron chi connectivity index (χ3n) is 3.47. The Labute approximate surface area is 132 Å². The first-order chi connectivity index (χ1) is 11.3. The molecule has 0 aliphatic carbocycles. The number of hydrogen-bond donors (Lipinski definition) is 0. The number of nitrogens with zero attached hydrogens (tertiary/aromatic N) is 1. The molecule has 0 aliphatic rings. The zero-order valence-electron chi connectivity index (χ0n) is 11.8. The fourth-order valence-corrected chi connectivity index (χ4v) is 2.32. The van der Waals surface area contributed by atoms with Gasteiger partial charge >= 0.3 is 11.8 Å². The van der Waals surface area contributed by atoms with Crippen molar-refractivity contribution in [3.63, 3.8) is 0 Å². The van der Waals surface area contributed by atoms with Crippen molar-refractivity contribution >= 4 is 16.5 Å². The summed E-state index contributed by atoms with van der Waals surface area (Å²) in [6, 6.07) is 9.22. The maximum absolute atomic E-state index is 12.6. The topological polar surface area (TPSA) is 73.3 Å². The molecule has 3 aromatic rings. The maximum Gasteiger partial charge on any atom is 0.416 e. The van der Waals surface area contributed by atoms with Gasteiger partial charge in [0.1, 0.15) is 5.76 Å². The van der Waals surface area contributed by atoms with Crippen molar-refractivity contribution in [1.82, 2.24) is 0 Å². The molecule has 0 saturated heterocycles. The number of hydrogen-bond acceptors (Lipinski definition) is 4. The van der Waals surface area contributed by atoms with Crippen molar-refractivity contribution in [3.05, 3.63) is 74.6 Å². The van der Waals surface area contributed by atoms with Gasteiger partial charge in [0, 0.05) is 11.6 Å². The minimum atomic E-state index is -4.48. The highest BCUT2D eigenvalue weighted by Crippen LogP contribution is 2.32. The summed E-state index contributed by atoms with van der Waals surface area (Å²) >= 11 is 0. The predicted octanol–water partition coefficient (Wildman–Crippen LogP) is 4.39. The van der Waals surface area contributed by atoms with Crippen LogP contribution in [0.15, 0.2) is 57.7 Å². The molecule has 1 heterocycles. The average Bonchev–Trinajstić information content (AvgIpc) is 2.53. The molecule has 5 nitrogen and oxygen atoms in total. The van der Waals surface area contributed by atoms with Crippen LogP contribution in [0.2, 0.25) is 0 Å². The molecule has 0 atom stereocenters. The number of non-ortho nitro benzene ring substituents is 1. The van der Waals surface area contributed by atoms with Crippen LogP contribution in [0.3, 0.4) is 0 Å². The molecule has 24 heavy (non-hydrogen) atoms. The van der Waals surface area contributed by atoms with Crippen LogP contribution in [-0.4, -0.2) is 4.92 Å². The lowest BCUT2D eigenvalue weighted by atomic mass is 10.1. The molecule has 1 aromatic heterocycles. The lowest BCUT2D eigenvalue weighted by Gasteiger charge is -2.07. The van der Waals surface area contributed by atoms with Crippen molar-refractivity contribution in [1.29, 1.82) is 0 Å². The number of halogens is 3. The lowest BCUT2D eigenvalue weighted by Crippen LogP contribution is -2.04. The third-order valence-corrected chi connectivity index (χ3v) is 3.47. The minimum absolute atomic E-state index is 0.0276. The average molecular weight is 335 g/mol. The van der Waals surface area contributed by atoms with Gasteiger partial charge in [-0.25, -0.2) is 4.79 Å². The summed E-state index contributed by atoms with van der Waals surface area (Å²) in [5.41, 5.74) is -1.72. The monoisotopic (exact) mass is 335 g/mol. The van der Waals surface area contributed by atoms with Gasteiger partial charge in [0.25, 0.3) is 5.69 Å². The highest BCUT2D eigenvalue weighted by Gasteiger charge is 2.30. The van der Waals surface area contributed by atoms with E-state index >= 15 is 0 Å². The number of nitro benzene ring substituents is 1. The molecular weight excluding hydrogens is 327 g/mol. The first-order valence-electron chi connectivity index (χ1n) is 6.66. The van der Waals surface area contributed by atoms with E-state index in [9.17, 15) is 28.1 Å². The van der Waals surface area contributed by atoms with Gasteiger partial charge in [-0.05, 0) is 24.3 Å². The fourth-order valence-electron chi connectivity index (χ4n) is 2.32. The summed E-state index contributed by atoms with van der Waals surface area (Å²) in [7, 11) is 0. The van der Waals surface area contributed by atoms with Crippen LogP contribution >= 0.6 is 0 Å². The second-order valence-corrected chi connectivity index (χ2v) is 4.97. The zero-order chi connectivity index (χ0) is 17.5. The zero-order valence-corrected chi connectivity index (χ0v) is 11.8. The van der Waals surface area contributed by atoms with E-state index in [-0.39, 0.29) is 27.8 Å². The van der Waals surface area contributed by atoms with E-state index in [2.05, 4.69) is 0 Å². The van der Waals surface area contributed by atoms with Gasteiger partial charge in [0.05, 0.1) is 21.3 Å². The highest BCUT2D eigenvalue weighted by atomic mass is 19.4. The van der Waals surface area contributed by atoms with Gasteiger partial charge in [-0.3, -0.25) is 10.1 Å². The Morgan fingerprint density at radius 2 is 1.67 bits per heavy atom. The molecule has 0 saturated carbocycles. The van der Waals surface area contributed by atoms with E-state index in [0.29, 0.717) is 0 Å². The van der Waals surface area contributed by atoms with Gasteiger partial charge in [-0.15, -0.1) is 0 Å². The second kappa shape index (κ2) is 5.48. The number of benzene rings is 2. The van der Waals surface area contributed by atoms with Gasteiger partial charge < -0.3 is 4.42 Å². The first kappa shape index (κ1) is 15.7. The predicted molar refractivity (Wildman–Crippen MR) is 79.6 cm³/mol. The summed E-state index contributed by atoms with van der Waals surface area (Å²) < 4.78 is 42.8. The Balaban J connectivity index is 2.19. The Morgan fingerprint density at radius 1 is 1.00 bits per heavy atom. The Kier molecular flexibility index (Phi) is 3.59.